The minimum Gasteiger partial charge on any atom is -0.493 e. The summed E-state index contributed by atoms with van der Waals surface area (Å²) in [5.74, 6) is 1.30. The zero-order chi connectivity index (χ0) is 17.5. The van der Waals surface area contributed by atoms with Gasteiger partial charge in [-0.1, -0.05) is 13.8 Å². The molecule has 0 atom stereocenters. The summed E-state index contributed by atoms with van der Waals surface area (Å²) >= 11 is 0. The molecule has 1 aromatic heterocycles. The molecule has 0 aliphatic heterocycles. The van der Waals surface area contributed by atoms with E-state index in [0.29, 0.717) is 18.0 Å². The Morgan fingerprint density at radius 1 is 1.04 bits per heavy atom. The van der Waals surface area contributed by atoms with Gasteiger partial charge in [0.25, 0.3) is 5.56 Å². The summed E-state index contributed by atoms with van der Waals surface area (Å²) in [5.41, 5.74) is 1.52. The summed E-state index contributed by atoms with van der Waals surface area (Å²) < 4.78 is 12.1. The van der Waals surface area contributed by atoms with Crippen LogP contribution in [0.3, 0.4) is 0 Å². The summed E-state index contributed by atoms with van der Waals surface area (Å²) in [5, 5.41) is 4.50. The number of benzene rings is 1. The van der Waals surface area contributed by atoms with Crippen LogP contribution in [0.1, 0.15) is 13.8 Å². The van der Waals surface area contributed by atoms with Crippen LogP contribution in [0, 0.1) is 0 Å². The molecule has 24 heavy (non-hydrogen) atoms. The number of methoxy groups -OCH3 is 2. The van der Waals surface area contributed by atoms with Gasteiger partial charge in [-0.15, -0.1) is 0 Å². The lowest BCUT2D eigenvalue weighted by molar-refractivity contribution is 0.283. The minimum atomic E-state index is -0.0913. The fraction of sp³-hybridized carbons (Fsp3) is 0.444. The molecule has 0 saturated carbocycles. The lowest BCUT2D eigenvalue weighted by Crippen LogP contribution is -2.32. The molecular formula is C18H25N3O3. The standard InChI is InChI=1S/C18H25N3O3/c1-5-20(6-2)11-12-21-18(22)10-8-15(19-21)14-7-9-16(23-3)17(13-14)24-4/h7-10,13H,5-6,11-12H2,1-4H3. The first-order chi connectivity index (χ1) is 11.6. The van der Waals surface area contributed by atoms with E-state index in [2.05, 4.69) is 23.8 Å². The molecule has 0 aliphatic rings. The summed E-state index contributed by atoms with van der Waals surface area (Å²) in [4.78, 5) is 14.3. The predicted molar refractivity (Wildman–Crippen MR) is 94.8 cm³/mol. The molecule has 6 heteroatoms. The molecule has 0 saturated heterocycles. The minimum absolute atomic E-state index is 0.0913. The second kappa shape index (κ2) is 8.49. The van der Waals surface area contributed by atoms with Crippen molar-refractivity contribution in [2.24, 2.45) is 0 Å². The zero-order valence-electron chi connectivity index (χ0n) is 14.8. The molecule has 130 valence electrons. The molecule has 0 spiro atoms. The molecule has 0 aliphatic carbocycles. The van der Waals surface area contributed by atoms with E-state index in [0.717, 1.165) is 30.9 Å². The molecular weight excluding hydrogens is 306 g/mol. The largest absolute Gasteiger partial charge is 0.493 e. The number of rotatable bonds is 8. The summed E-state index contributed by atoms with van der Waals surface area (Å²) in [6, 6.07) is 8.89. The van der Waals surface area contributed by atoms with E-state index in [1.165, 1.54) is 4.68 Å². The summed E-state index contributed by atoms with van der Waals surface area (Å²) in [6.07, 6.45) is 0. The van der Waals surface area contributed by atoms with E-state index in [9.17, 15) is 4.79 Å². The van der Waals surface area contributed by atoms with Crippen molar-refractivity contribution in [2.45, 2.75) is 20.4 Å². The molecule has 0 radical (unpaired) electrons. The van der Waals surface area contributed by atoms with E-state index in [4.69, 9.17) is 9.47 Å². The van der Waals surface area contributed by atoms with Crippen LogP contribution in [0.15, 0.2) is 35.1 Å². The van der Waals surface area contributed by atoms with Crippen molar-refractivity contribution in [3.05, 3.63) is 40.7 Å². The van der Waals surface area contributed by atoms with Crippen LogP contribution in [0.2, 0.25) is 0 Å². The van der Waals surface area contributed by atoms with Crippen molar-refractivity contribution in [3.8, 4) is 22.8 Å². The maximum absolute atomic E-state index is 12.1. The highest BCUT2D eigenvalue weighted by Gasteiger charge is 2.09. The van der Waals surface area contributed by atoms with Crippen LogP contribution in [0.25, 0.3) is 11.3 Å². The Morgan fingerprint density at radius 2 is 1.75 bits per heavy atom. The van der Waals surface area contributed by atoms with Crippen LogP contribution in [-0.2, 0) is 6.54 Å². The molecule has 2 rings (SSSR count). The number of hydrogen-bond acceptors (Lipinski definition) is 5. The van der Waals surface area contributed by atoms with Crippen molar-refractivity contribution in [1.29, 1.82) is 0 Å². The van der Waals surface area contributed by atoms with Gasteiger partial charge >= 0.3 is 0 Å². The number of aromatic nitrogens is 2. The average molecular weight is 331 g/mol. The Hall–Kier alpha value is -2.34. The van der Waals surface area contributed by atoms with Crippen LogP contribution >= 0.6 is 0 Å². The van der Waals surface area contributed by atoms with Crippen molar-refractivity contribution in [2.75, 3.05) is 33.9 Å². The SMILES string of the molecule is CCN(CC)CCn1nc(-c2ccc(OC)c(OC)c2)ccc1=O. The number of nitrogens with zero attached hydrogens (tertiary/aromatic N) is 3. The van der Waals surface area contributed by atoms with Crippen LogP contribution in [0.5, 0.6) is 11.5 Å². The predicted octanol–water partition coefficient (Wildman–Crippen LogP) is 2.27. The van der Waals surface area contributed by atoms with Crippen molar-refractivity contribution in [1.82, 2.24) is 14.7 Å². The zero-order valence-corrected chi connectivity index (χ0v) is 14.8. The fourth-order valence-corrected chi connectivity index (χ4v) is 2.53. The second-order valence-electron chi connectivity index (χ2n) is 5.38. The van der Waals surface area contributed by atoms with Gasteiger partial charge in [0.15, 0.2) is 11.5 Å². The van der Waals surface area contributed by atoms with Crippen molar-refractivity contribution in [3.63, 3.8) is 0 Å². The monoisotopic (exact) mass is 331 g/mol. The number of likely N-dealkylation sites (N-methyl/N-ethyl adjacent to an activating group) is 1. The van der Waals surface area contributed by atoms with Gasteiger partial charge in [0.1, 0.15) is 0 Å². The van der Waals surface area contributed by atoms with Gasteiger partial charge in [0.2, 0.25) is 0 Å². The third-order valence-corrected chi connectivity index (χ3v) is 4.07. The van der Waals surface area contributed by atoms with Gasteiger partial charge in [-0.25, -0.2) is 4.68 Å². The molecule has 0 unspecified atom stereocenters. The Balaban J connectivity index is 2.29. The van der Waals surface area contributed by atoms with E-state index in [1.54, 1.807) is 26.4 Å². The Bertz CT molecular complexity index is 724. The average Bonchev–Trinajstić information content (AvgIpc) is 2.63. The molecule has 0 fully saturated rings. The summed E-state index contributed by atoms with van der Waals surface area (Å²) in [6.45, 7) is 7.51. The van der Waals surface area contributed by atoms with Crippen LogP contribution in [-0.4, -0.2) is 48.5 Å². The van der Waals surface area contributed by atoms with Gasteiger partial charge in [0.05, 0.1) is 26.5 Å². The van der Waals surface area contributed by atoms with Crippen molar-refractivity contribution >= 4 is 0 Å². The Kier molecular flexibility index (Phi) is 6.37. The van der Waals surface area contributed by atoms with Crippen molar-refractivity contribution < 1.29 is 9.47 Å². The lowest BCUT2D eigenvalue weighted by atomic mass is 10.1. The smallest absolute Gasteiger partial charge is 0.266 e. The highest BCUT2D eigenvalue weighted by Crippen LogP contribution is 2.31. The third-order valence-electron chi connectivity index (χ3n) is 4.07. The molecule has 1 aromatic carbocycles. The Morgan fingerprint density at radius 3 is 2.38 bits per heavy atom. The van der Waals surface area contributed by atoms with Gasteiger partial charge in [-0.2, -0.15) is 5.10 Å². The number of hydrogen-bond donors (Lipinski definition) is 0. The molecule has 1 heterocycles. The van der Waals surface area contributed by atoms with Gasteiger partial charge in [-0.05, 0) is 37.4 Å². The first-order valence-electron chi connectivity index (χ1n) is 8.15. The maximum atomic E-state index is 12.1. The molecule has 6 nitrogen and oxygen atoms in total. The highest BCUT2D eigenvalue weighted by atomic mass is 16.5. The molecule has 0 bridgehead atoms. The highest BCUT2D eigenvalue weighted by molar-refractivity contribution is 5.63. The van der Waals surface area contributed by atoms with E-state index in [-0.39, 0.29) is 5.56 Å². The molecule has 0 amide bonds. The van der Waals surface area contributed by atoms with Crippen LogP contribution in [0.4, 0.5) is 0 Å². The maximum Gasteiger partial charge on any atom is 0.266 e. The summed E-state index contributed by atoms with van der Waals surface area (Å²) in [7, 11) is 3.20. The van der Waals surface area contributed by atoms with Gasteiger partial charge < -0.3 is 14.4 Å². The Labute approximate surface area is 142 Å². The molecule has 0 N–H and O–H groups in total. The lowest BCUT2D eigenvalue weighted by Gasteiger charge is -2.18. The van der Waals surface area contributed by atoms with E-state index < -0.39 is 0 Å². The second-order valence-corrected chi connectivity index (χ2v) is 5.38. The normalized spacial score (nSPS) is 10.9. The third kappa shape index (κ3) is 4.14. The topological polar surface area (TPSA) is 56.6 Å². The molecule has 2 aromatic rings. The first kappa shape index (κ1) is 18.0. The van der Waals surface area contributed by atoms with E-state index >= 15 is 0 Å². The quantitative estimate of drug-likeness (QED) is 0.743. The number of ether oxygens (including phenoxy) is 2. The van der Waals surface area contributed by atoms with E-state index in [1.807, 2.05) is 18.2 Å². The van der Waals surface area contributed by atoms with Gasteiger partial charge in [-0.3, -0.25) is 4.79 Å². The van der Waals surface area contributed by atoms with Crippen LogP contribution < -0.4 is 15.0 Å². The van der Waals surface area contributed by atoms with Gasteiger partial charge in [0, 0.05) is 18.2 Å². The first-order valence-corrected chi connectivity index (χ1v) is 8.15. The fourth-order valence-electron chi connectivity index (χ4n) is 2.53.